The Balaban J connectivity index is 1.77. The second kappa shape index (κ2) is 6.59. The van der Waals surface area contributed by atoms with E-state index in [0.29, 0.717) is 0 Å². The van der Waals surface area contributed by atoms with Crippen molar-refractivity contribution in [3.8, 4) is 0 Å². The van der Waals surface area contributed by atoms with Crippen LogP contribution in [0.15, 0.2) is 52.5 Å². The highest BCUT2D eigenvalue weighted by Crippen LogP contribution is 2.22. The van der Waals surface area contributed by atoms with Crippen LogP contribution in [-0.2, 0) is 9.53 Å². The van der Waals surface area contributed by atoms with E-state index in [9.17, 15) is 14.9 Å². The molecular weight excluding hydrogens is 328 g/mol. The highest BCUT2D eigenvalue weighted by molar-refractivity contribution is 7.11. The number of cyclic esters (lactones) is 1. The van der Waals surface area contributed by atoms with Crippen LogP contribution in [0.25, 0.3) is 12.2 Å². The van der Waals surface area contributed by atoms with Crippen LogP contribution < -0.4 is 0 Å². The number of nitro groups is 1. The highest BCUT2D eigenvalue weighted by atomic mass is 32.1. The number of nitrogens with zero attached hydrogens (tertiary/aromatic N) is 2. The zero-order valence-corrected chi connectivity index (χ0v) is 13.4. The number of thiophene rings is 1. The molecule has 6 nitrogen and oxygen atoms in total. The maximum atomic E-state index is 11.8. The lowest BCUT2D eigenvalue weighted by Crippen LogP contribution is -2.01. The predicted octanol–water partition coefficient (Wildman–Crippen LogP) is 3.97. The molecule has 2 heterocycles. The normalized spacial score (nSPS) is 15.8. The molecule has 1 aliphatic rings. The standard InChI is InChI=1S/C17H12N2O4S/c1-11-8-9-24-15(11)10-14-17(20)23-16(18-14)7-4-12-2-5-13(6-3-12)19(21)22/h2-10H,1H3. The maximum Gasteiger partial charge on any atom is 0.363 e. The summed E-state index contributed by atoms with van der Waals surface area (Å²) in [6.45, 7) is 1.96. The number of carbonyl (C=O) groups excluding carboxylic acids is 1. The molecule has 0 spiro atoms. The number of hydrogen-bond acceptors (Lipinski definition) is 6. The molecule has 0 N–H and O–H groups in total. The average Bonchev–Trinajstić information content (AvgIpc) is 3.12. The number of ether oxygens (including phenoxy) is 1. The number of nitro benzene ring substituents is 1. The number of aryl methyl sites for hydroxylation is 1. The van der Waals surface area contributed by atoms with Gasteiger partial charge in [-0.15, -0.1) is 11.3 Å². The molecule has 7 heteroatoms. The molecular formula is C17H12N2O4S. The molecule has 0 unspecified atom stereocenters. The van der Waals surface area contributed by atoms with Crippen molar-refractivity contribution >= 4 is 41.0 Å². The molecule has 0 radical (unpaired) electrons. The molecule has 0 amide bonds. The van der Waals surface area contributed by atoms with Gasteiger partial charge in [0.05, 0.1) is 4.92 Å². The number of aliphatic imine (C=N–C) groups is 1. The fourth-order valence-electron chi connectivity index (χ4n) is 2.03. The van der Waals surface area contributed by atoms with Gasteiger partial charge in [0, 0.05) is 23.1 Å². The maximum absolute atomic E-state index is 11.8. The van der Waals surface area contributed by atoms with E-state index in [0.717, 1.165) is 16.0 Å². The first-order valence-electron chi connectivity index (χ1n) is 7.02. The molecule has 2 aromatic rings. The van der Waals surface area contributed by atoms with Crippen LogP contribution in [0.1, 0.15) is 16.0 Å². The van der Waals surface area contributed by atoms with E-state index in [-0.39, 0.29) is 17.3 Å². The highest BCUT2D eigenvalue weighted by Gasteiger charge is 2.21. The lowest BCUT2D eigenvalue weighted by Gasteiger charge is -1.94. The smallest absolute Gasteiger partial charge is 0.363 e. The van der Waals surface area contributed by atoms with Crippen molar-refractivity contribution in [2.75, 3.05) is 0 Å². The van der Waals surface area contributed by atoms with Crippen molar-refractivity contribution in [2.45, 2.75) is 6.92 Å². The van der Waals surface area contributed by atoms with Gasteiger partial charge in [0.1, 0.15) is 0 Å². The Hall–Kier alpha value is -3.06. The SMILES string of the molecule is Cc1ccsc1C=C1N=C(C=Cc2ccc([N+](=O)[O-])cc2)OC1=O. The molecule has 0 saturated heterocycles. The van der Waals surface area contributed by atoms with Gasteiger partial charge in [-0.05, 0) is 53.8 Å². The van der Waals surface area contributed by atoms with E-state index < -0.39 is 10.9 Å². The van der Waals surface area contributed by atoms with Crippen LogP contribution in [0.3, 0.4) is 0 Å². The van der Waals surface area contributed by atoms with Gasteiger partial charge in [0.25, 0.3) is 5.69 Å². The van der Waals surface area contributed by atoms with Crippen molar-refractivity contribution < 1.29 is 14.5 Å². The first-order chi connectivity index (χ1) is 11.5. The predicted molar refractivity (Wildman–Crippen MR) is 92.7 cm³/mol. The van der Waals surface area contributed by atoms with Crippen molar-refractivity contribution in [1.29, 1.82) is 0 Å². The quantitative estimate of drug-likeness (QED) is 0.365. The number of rotatable bonds is 4. The molecule has 3 rings (SSSR count). The lowest BCUT2D eigenvalue weighted by molar-refractivity contribution is -0.384. The molecule has 0 atom stereocenters. The summed E-state index contributed by atoms with van der Waals surface area (Å²) >= 11 is 1.53. The first kappa shape index (κ1) is 15.8. The Bertz CT molecular complexity index is 892. The van der Waals surface area contributed by atoms with Crippen molar-refractivity contribution in [3.05, 3.63) is 73.6 Å². The number of carbonyl (C=O) groups is 1. The molecule has 0 aliphatic carbocycles. The first-order valence-corrected chi connectivity index (χ1v) is 7.90. The van der Waals surface area contributed by atoms with Crippen molar-refractivity contribution in [1.82, 2.24) is 0 Å². The van der Waals surface area contributed by atoms with Crippen LogP contribution in [0.5, 0.6) is 0 Å². The molecule has 1 aromatic carbocycles. The Morgan fingerprint density at radius 3 is 2.58 bits per heavy atom. The van der Waals surface area contributed by atoms with Gasteiger partial charge >= 0.3 is 5.97 Å². The number of esters is 1. The Morgan fingerprint density at radius 1 is 1.21 bits per heavy atom. The van der Waals surface area contributed by atoms with Crippen LogP contribution in [-0.4, -0.2) is 16.8 Å². The Kier molecular flexibility index (Phi) is 4.35. The molecule has 0 fully saturated rings. The van der Waals surface area contributed by atoms with Crippen LogP contribution >= 0.6 is 11.3 Å². The van der Waals surface area contributed by atoms with Gasteiger partial charge in [-0.2, -0.15) is 0 Å². The second-order valence-electron chi connectivity index (χ2n) is 5.02. The van der Waals surface area contributed by atoms with Gasteiger partial charge in [-0.3, -0.25) is 10.1 Å². The summed E-state index contributed by atoms with van der Waals surface area (Å²) in [5.74, 6) is -0.301. The second-order valence-corrected chi connectivity index (χ2v) is 5.97. The monoisotopic (exact) mass is 340 g/mol. The van der Waals surface area contributed by atoms with Crippen LogP contribution in [0, 0.1) is 17.0 Å². The van der Waals surface area contributed by atoms with E-state index in [1.165, 1.54) is 23.5 Å². The van der Waals surface area contributed by atoms with Gasteiger partial charge in [0.2, 0.25) is 5.90 Å². The Morgan fingerprint density at radius 2 is 1.96 bits per heavy atom. The van der Waals surface area contributed by atoms with Crippen molar-refractivity contribution in [3.63, 3.8) is 0 Å². The topological polar surface area (TPSA) is 81.8 Å². The van der Waals surface area contributed by atoms with E-state index in [4.69, 9.17) is 4.74 Å². The van der Waals surface area contributed by atoms with Crippen LogP contribution in [0.2, 0.25) is 0 Å². The van der Waals surface area contributed by atoms with Crippen molar-refractivity contribution in [2.24, 2.45) is 4.99 Å². The average molecular weight is 340 g/mol. The largest absolute Gasteiger partial charge is 0.403 e. The summed E-state index contributed by atoms with van der Waals surface area (Å²) in [4.78, 5) is 27.1. The lowest BCUT2D eigenvalue weighted by atomic mass is 10.2. The minimum atomic E-state index is -0.494. The molecule has 1 aromatic heterocycles. The van der Waals surface area contributed by atoms with Gasteiger partial charge in [-0.1, -0.05) is 0 Å². The number of non-ortho nitro benzene ring substituents is 1. The van der Waals surface area contributed by atoms with Crippen LogP contribution in [0.4, 0.5) is 5.69 Å². The molecule has 0 bridgehead atoms. The zero-order valence-electron chi connectivity index (χ0n) is 12.6. The summed E-state index contributed by atoms with van der Waals surface area (Å²) < 4.78 is 5.10. The zero-order chi connectivity index (χ0) is 17.1. The van der Waals surface area contributed by atoms with E-state index in [1.54, 1.807) is 30.4 Å². The number of benzene rings is 1. The fourth-order valence-corrected chi connectivity index (χ4v) is 2.88. The summed E-state index contributed by atoms with van der Waals surface area (Å²) in [7, 11) is 0. The summed E-state index contributed by atoms with van der Waals surface area (Å²) in [6, 6.07) is 8.01. The molecule has 120 valence electrons. The van der Waals surface area contributed by atoms with Gasteiger partial charge < -0.3 is 4.74 Å². The van der Waals surface area contributed by atoms with E-state index in [1.807, 2.05) is 18.4 Å². The molecule has 24 heavy (non-hydrogen) atoms. The van der Waals surface area contributed by atoms with Gasteiger partial charge in [0.15, 0.2) is 5.70 Å². The van der Waals surface area contributed by atoms with E-state index in [2.05, 4.69) is 4.99 Å². The summed E-state index contributed by atoms with van der Waals surface area (Å²) in [5.41, 5.74) is 2.09. The summed E-state index contributed by atoms with van der Waals surface area (Å²) in [5, 5.41) is 12.6. The minimum Gasteiger partial charge on any atom is -0.403 e. The minimum absolute atomic E-state index is 0.0216. The third-order valence-electron chi connectivity index (χ3n) is 3.33. The third-order valence-corrected chi connectivity index (χ3v) is 4.29. The molecule has 1 aliphatic heterocycles. The molecule has 0 saturated carbocycles. The Labute approximate surface area is 141 Å². The van der Waals surface area contributed by atoms with E-state index >= 15 is 0 Å². The van der Waals surface area contributed by atoms with Gasteiger partial charge in [-0.25, -0.2) is 9.79 Å². The summed E-state index contributed by atoms with van der Waals surface area (Å²) in [6.07, 6.45) is 4.94. The number of hydrogen-bond donors (Lipinski definition) is 0. The third kappa shape index (κ3) is 3.47. The fraction of sp³-hybridized carbons (Fsp3) is 0.0588.